The van der Waals surface area contributed by atoms with Crippen molar-refractivity contribution in [1.82, 2.24) is 10.9 Å². The van der Waals surface area contributed by atoms with Crippen LogP contribution in [0, 0.1) is 0 Å². The highest BCUT2D eigenvalue weighted by Crippen LogP contribution is 2.26. The number of ether oxygens (including phenoxy) is 2. The first-order valence-electron chi connectivity index (χ1n) is 10.4. The molecule has 0 saturated carbocycles. The minimum Gasteiger partial charge on any atom is -0.492 e. The lowest BCUT2D eigenvalue weighted by atomic mass is 10.2. The van der Waals surface area contributed by atoms with E-state index in [0.717, 1.165) is 18.4 Å². The SMILES string of the molecule is CCCCOc1ccc(C(=O)NNC(=O)c2ccccc2OCc2ccccc2)cc1Br. The number of carbonyl (C=O) groups is 2. The van der Waals surface area contributed by atoms with Crippen LogP contribution in [0.25, 0.3) is 0 Å². The van der Waals surface area contributed by atoms with Crippen LogP contribution in [0.5, 0.6) is 11.5 Å². The Kier molecular flexibility index (Phi) is 8.69. The second-order valence-electron chi connectivity index (χ2n) is 7.03. The topological polar surface area (TPSA) is 76.7 Å². The average Bonchev–Trinajstić information content (AvgIpc) is 2.83. The molecular formula is C25H25BrN2O4. The minimum absolute atomic E-state index is 0.324. The van der Waals surface area contributed by atoms with Gasteiger partial charge in [0, 0.05) is 5.56 Å². The molecule has 0 heterocycles. The summed E-state index contributed by atoms with van der Waals surface area (Å²) < 4.78 is 12.2. The zero-order valence-electron chi connectivity index (χ0n) is 17.8. The van der Waals surface area contributed by atoms with E-state index in [1.54, 1.807) is 42.5 Å². The number of hydrogen-bond donors (Lipinski definition) is 2. The summed E-state index contributed by atoms with van der Waals surface area (Å²) in [4.78, 5) is 25.1. The quantitative estimate of drug-likeness (QED) is 0.312. The molecule has 3 aromatic carbocycles. The van der Waals surface area contributed by atoms with Gasteiger partial charge >= 0.3 is 0 Å². The molecule has 6 nitrogen and oxygen atoms in total. The first-order valence-corrected chi connectivity index (χ1v) is 11.2. The Morgan fingerprint density at radius 1 is 0.844 bits per heavy atom. The summed E-state index contributed by atoms with van der Waals surface area (Å²) in [5.74, 6) is 0.186. The fraction of sp³-hybridized carbons (Fsp3) is 0.200. The number of unbranched alkanes of at least 4 members (excludes halogenated alkanes) is 1. The molecule has 0 spiro atoms. The minimum atomic E-state index is -0.472. The molecule has 0 aliphatic rings. The Morgan fingerprint density at radius 3 is 2.31 bits per heavy atom. The van der Waals surface area contributed by atoms with Gasteiger partial charge in [-0.25, -0.2) is 0 Å². The first kappa shape index (κ1) is 23.3. The lowest BCUT2D eigenvalue weighted by Gasteiger charge is -2.13. The molecule has 0 unspecified atom stereocenters. The molecular weight excluding hydrogens is 472 g/mol. The molecule has 0 aliphatic carbocycles. The fourth-order valence-corrected chi connectivity index (χ4v) is 3.35. The number of hydrazine groups is 1. The summed E-state index contributed by atoms with van der Waals surface area (Å²) in [5.41, 5.74) is 6.58. The Bertz CT molecular complexity index is 1060. The van der Waals surface area contributed by atoms with E-state index in [9.17, 15) is 9.59 Å². The molecule has 3 rings (SSSR count). The summed E-state index contributed by atoms with van der Waals surface area (Å²) in [7, 11) is 0. The van der Waals surface area contributed by atoms with Crippen molar-refractivity contribution in [3.63, 3.8) is 0 Å². The maximum Gasteiger partial charge on any atom is 0.273 e. The maximum absolute atomic E-state index is 12.6. The average molecular weight is 497 g/mol. The number of benzene rings is 3. The normalized spacial score (nSPS) is 10.3. The molecule has 0 bridgehead atoms. The van der Waals surface area contributed by atoms with E-state index in [1.165, 1.54) is 0 Å². The number of carbonyl (C=O) groups excluding carboxylic acids is 2. The lowest BCUT2D eigenvalue weighted by molar-refractivity contribution is 0.0844. The monoisotopic (exact) mass is 496 g/mol. The van der Waals surface area contributed by atoms with Crippen LogP contribution >= 0.6 is 15.9 Å². The van der Waals surface area contributed by atoms with Gasteiger partial charge in [0.1, 0.15) is 18.1 Å². The third kappa shape index (κ3) is 6.59. The zero-order chi connectivity index (χ0) is 22.8. The second kappa shape index (κ2) is 11.9. The molecule has 3 aromatic rings. The van der Waals surface area contributed by atoms with E-state index in [-0.39, 0.29) is 0 Å². The number of para-hydroxylation sites is 1. The predicted molar refractivity (Wildman–Crippen MR) is 127 cm³/mol. The summed E-state index contributed by atoms with van der Waals surface area (Å²) in [5, 5.41) is 0. The summed E-state index contributed by atoms with van der Waals surface area (Å²) in [6.07, 6.45) is 2.00. The molecule has 2 amide bonds. The Balaban J connectivity index is 1.58. The van der Waals surface area contributed by atoms with Crippen molar-refractivity contribution >= 4 is 27.7 Å². The van der Waals surface area contributed by atoms with Gasteiger partial charge in [0.25, 0.3) is 11.8 Å². The van der Waals surface area contributed by atoms with Gasteiger partial charge in [-0.05, 0) is 58.2 Å². The van der Waals surface area contributed by atoms with Crippen LogP contribution in [0.4, 0.5) is 0 Å². The second-order valence-corrected chi connectivity index (χ2v) is 7.88. The van der Waals surface area contributed by atoms with E-state index < -0.39 is 11.8 Å². The third-order valence-electron chi connectivity index (χ3n) is 4.61. The Labute approximate surface area is 196 Å². The highest BCUT2D eigenvalue weighted by Gasteiger charge is 2.15. The third-order valence-corrected chi connectivity index (χ3v) is 5.23. The largest absolute Gasteiger partial charge is 0.492 e. The van der Waals surface area contributed by atoms with Crippen LogP contribution in [0.1, 0.15) is 46.0 Å². The summed E-state index contributed by atoms with van der Waals surface area (Å²) in [6.45, 7) is 3.04. The van der Waals surface area contributed by atoms with Gasteiger partial charge < -0.3 is 9.47 Å². The molecule has 0 aliphatic heterocycles. The van der Waals surface area contributed by atoms with Crippen LogP contribution in [-0.2, 0) is 6.61 Å². The summed E-state index contributed by atoms with van der Waals surface area (Å²) >= 11 is 3.42. The Morgan fingerprint density at radius 2 is 1.56 bits per heavy atom. The van der Waals surface area contributed by atoms with Crippen molar-refractivity contribution in [1.29, 1.82) is 0 Å². The molecule has 166 valence electrons. The van der Waals surface area contributed by atoms with E-state index >= 15 is 0 Å². The van der Waals surface area contributed by atoms with E-state index in [1.807, 2.05) is 30.3 Å². The van der Waals surface area contributed by atoms with E-state index in [4.69, 9.17) is 9.47 Å². The van der Waals surface area contributed by atoms with Crippen LogP contribution in [0.15, 0.2) is 77.3 Å². The van der Waals surface area contributed by atoms with Gasteiger partial charge in [0.05, 0.1) is 16.6 Å². The molecule has 0 saturated heterocycles. The van der Waals surface area contributed by atoms with Crippen LogP contribution in [0.3, 0.4) is 0 Å². The maximum atomic E-state index is 12.6. The standard InChI is InChI=1S/C25H25BrN2O4/c1-2-3-15-31-23-14-13-19(16-21(23)26)24(29)27-28-25(30)20-11-7-8-12-22(20)32-17-18-9-5-4-6-10-18/h4-14,16H,2-3,15,17H2,1H3,(H,27,29)(H,28,30). The van der Waals surface area contributed by atoms with Crippen LogP contribution in [0.2, 0.25) is 0 Å². The molecule has 32 heavy (non-hydrogen) atoms. The first-order chi connectivity index (χ1) is 15.6. The van der Waals surface area contributed by atoms with Crippen LogP contribution in [-0.4, -0.2) is 18.4 Å². The predicted octanol–water partition coefficient (Wildman–Crippen LogP) is 5.28. The molecule has 0 atom stereocenters. The van der Waals surface area contributed by atoms with Gasteiger partial charge in [-0.1, -0.05) is 55.8 Å². The van der Waals surface area contributed by atoms with Crippen molar-refractivity contribution in [2.24, 2.45) is 0 Å². The van der Waals surface area contributed by atoms with Gasteiger partial charge in [-0.3, -0.25) is 20.4 Å². The van der Waals surface area contributed by atoms with Crippen molar-refractivity contribution in [2.45, 2.75) is 26.4 Å². The van der Waals surface area contributed by atoms with E-state index in [2.05, 4.69) is 33.7 Å². The Hall–Kier alpha value is -3.32. The summed E-state index contributed by atoms with van der Waals surface area (Å²) in [6, 6.07) is 21.6. The zero-order valence-corrected chi connectivity index (χ0v) is 19.4. The van der Waals surface area contributed by atoms with Gasteiger partial charge in [0.2, 0.25) is 0 Å². The van der Waals surface area contributed by atoms with Crippen molar-refractivity contribution in [2.75, 3.05) is 6.61 Å². The van der Waals surface area contributed by atoms with Gasteiger partial charge in [0.15, 0.2) is 0 Å². The van der Waals surface area contributed by atoms with Crippen LogP contribution < -0.4 is 20.3 Å². The lowest BCUT2D eigenvalue weighted by Crippen LogP contribution is -2.41. The fourth-order valence-electron chi connectivity index (χ4n) is 2.85. The van der Waals surface area contributed by atoms with Crippen molar-refractivity contribution in [3.8, 4) is 11.5 Å². The molecule has 7 heteroatoms. The van der Waals surface area contributed by atoms with E-state index in [0.29, 0.717) is 40.3 Å². The molecule has 0 aromatic heterocycles. The number of rotatable bonds is 9. The number of halogens is 1. The smallest absolute Gasteiger partial charge is 0.273 e. The molecule has 0 fully saturated rings. The van der Waals surface area contributed by atoms with Crippen molar-refractivity contribution < 1.29 is 19.1 Å². The molecule has 2 N–H and O–H groups in total. The molecule has 0 radical (unpaired) electrons. The van der Waals surface area contributed by atoms with Gasteiger partial charge in [-0.2, -0.15) is 0 Å². The van der Waals surface area contributed by atoms with Gasteiger partial charge in [-0.15, -0.1) is 0 Å². The number of hydrogen-bond acceptors (Lipinski definition) is 4. The number of amides is 2. The van der Waals surface area contributed by atoms with Crippen molar-refractivity contribution in [3.05, 3.63) is 94.0 Å². The number of nitrogens with one attached hydrogen (secondary N) is 2. The highest BCUT2D eigenvalue weighted by atomic mass is 79.9. The highest BCUT2D eigenvalue weighted by molar-refractivity contribution is 9.10.